The van der Waals surface area contributed by atoms with Crippen LogP contribution in [0.5, 0.6) is 11.5 Å². The van der Waals surface area contributed by atoms with E-state index >= 15 is 0 Å². The van der Waals surface area contributed by atoms with E-state index in [1.165, 1.54) is 16.9 Å². The predicted octanol–water partition coefficient (Wildman–Crippen LogP) is 5.57. The van der Waals surface area contributed by atoms with Gasteiger partial charge in [-0.1, -0.05) is 25.5 Å². The van der Waals surface area contributed by atoms with Crippen LogP contribution in [0.15, 0.2) is 53.9 Å². The summed E-state index contributed by atoms with van der Waals surface area (Å²) in [4.78, 5) is 16.6. The molecule has 0 aliphatic heterocycles. The first kappa shape index (κ1) is 20.9. The molecule has 1 amide bonds. The van der Waals surface area contributed by atoms with Gasteiger partial charge in [0.2, 0.25) is 5.91 Å². The Labute approximate surface area is 175 Å². The van der Waals surface area contributed by atoms with Gasteiger partial charge in [0.25, 0.3) is 0 Å². The lowest BCUT2D eigenvalue weighted by Crippen LogP contribution is -2.12. The van der Waals surface area contributed by atoms with Crippen LogP contribution in [0.2, 0.25) is 0 Å². The zero-order valence-electron chi connectivity index (χ0n) is 16.8. The number of aryl methyl sites for hydroxylation is 1. The first-order valence-corrected chi connectivity index (χ1v) is 10.7. The quantitative estimate of drug-likeness (QED) is 0.444. The number of nitrogens with one attached hydrogen (secondary N) is 1. The summed E-state index contributed by atoms with van der Waals surface area (Å²) in [5.74, 6) is 1.59. The van der Waals surface area contributed by atoms with Crippen molar-refractivity contribution in [2.24, 2.45) is 0 Å². The summed E-state index contributed by atoms with van der Waals surface area (Å²) in [6, 6.07) is 15.8. The SMILES string of the molecule is CCCc1ccc(OCCCC(=O)Nc2nc(-c3ccc(OC)cc3)cs2)cc1. The van der Waals surface area contributed by atoms with Crippen molar-refractivity contribution in [2.75, 3.05) is 19.0 Å². The molecule has 152 valence electrons. The van der Waals surface area contributed by atoms with Crippen molar-refractivity contribution in [3.63, 3.8) is 0 Å². The number of benzene rings is 2. The van der Waals surface area contributed by atoms with Crippen LogP contribution in [0.1, 0.15) is 31.7 Å². The maximum Gasteiger partial charge on any atom is 0.226 e. The highest BCUT2D eigenvalue weighted by Gasteiger charge is 2.08. The summed E-state index contributed by atoms with van der Waals surface area (Å²) in [6.07, 6.45) is 3.26. The van der Waals surface area contributed by atoms with Crippen LogP contribution >= 0.6 is 11.3 Å². The van der Waals surface area contributed by atoms with Gasteiger partial charge in [-0.2, -0.15) is 0 Å². The average molecular weight is 411 g/mol. The smallest absolute Gasteiger partial charge is 0.226 e. The first-order chi connectivity index (χ1) is 14.2. The molecule has 1 aromatic heterocycles. The van der Waals surface area contributed by atoms with E-state index < -0.39 is 0 Å². The minimum absolute atomic E-state index is 0.0532. The molecule has 0 aliphatic carbocycles. The van der Waals surface area contributed by atoms with Crippen LogP contribution < -0.4 is 14.8 Å². The lowest BCUT2D eigenvalue weighted by Gasteiger charge is -2.07. The number of aromatic nitrogens is 1. The topological polar surface area (TPSA) is 60.5 Å². The normalized spacial score (nSPS) is 10.6. The summed E-state index contributed by atoms with van der Waals surface area (Å²) in [6.45, 7) is 2.68. The fraction of sp³-hybridized carbons (Fsp3) is 0.304. The van der Waals surface area contributed by atoms with Crippen molar-refractivity contribution in [1.82, 2.24) is 4.98 Å². The maximum absolute atomic E-state index is 12.2. The predicted molar refractivity (Wildman–Crippen MR) is 118 cm³/mol. The first-order valence-electron chi connectivity index (χ1n) is 9.79. The molecule has 0 atom stereocenters. The summed E-state index contributed by atoms with van der Waals surface area (Å²) in [5, 5.41) is 5.40. The number of hydrogen-bond acceptors (Lipinski definition) is 5. The number of carbonyl (C=O) groups excluding carboxylic acids is 1. The van der Waals surface area contributed by atoms with E-state index in [1.54, 1.807) is 7.11 Å². The maximum atomic E-state index is 12.2. The van der Waals surface area contributed by atoms with E-state index in [4.69, 9.17) is 9.47 Å². The van der Waals surface area contributed by atoms with Gasteiger partial charge in [0, 0.05) is 17.4 Å². The summed E-state index contributed by atoms with van der Waals surface area (Å²) in [7, 11) is 1.64. The molecule has 0 fully saturated rings. The third-order valence-electron chi connectivity index (χ3n) is 4.42. The molecule has 1 N–H and O–H groups in total. The number of ether oxygens (including phenoxy) is 2. The molecule has 0 saturated carbocycles. The Bertz CT molecular complexity index is 905. The third kappa shape index (κ3) is 6.32. The Kier molecular flexibility index (Phi) is 7.64. The Morgan fingerprint density at radius 1 is 1.07 bits per heavy atom. The highest BCUT2D eigenvalue weighted by Crippen LogP contribution is 2.26. The minimum Gasteiger partial charge on any atom is -0.497 e. The lowest BCUT2D eigenvalue weighted by molar-refractivity contribution is -0.116. The van der Waals surface area contributed by atoms with Crippen LogP contribution in [0.3, 0.4) is 0 Å². The van der Waals surface area contributed by atoms with Gasteiger partial charge in [-0.3, -0.25) is 4.79 Å². The number of nitrogens with zero attached hydrogens (tertiary/aromatic N) is 1. The van der Waals surface area contributed by atoms with E-state index in [9.17, 15) is 4.79 Å². The Morgan fingerprint density at radius 2 is 1.79 bits per heavy atom. The number of rotatable bonds is 10. The van der Waals surface area contributed by atoms with Gasteiger partial charge in [-0.05, 0) is 54.8 Å². The van der Waals surface area contributed by atoms with Crippen molar-refractivity contribution in [3.8, 4) is 22.8 Å². The Hall–Kier alpha value is -2.86. The molecule has 1 heterocycles. The molecule has 5 nitrogen and oxygen atoms in total. The minimum atomic E-state index is -0.0532. The summed E-state index contributed by atoms with van der Waals surface area (Å²) in [5.41, 5.74) is 3.14. The average Bonchev–Trinajstić information content (AvgIpc) is 3.21. The van der Waals surface area contributed by atoms with Crippen molar-refractivity contribution in [3.05, 3.63) is 59.5 Å². The summed E-state index contributed by atoms with van der Waals surface area (Å²) < 4.78 is 10.9. The Morgan fingerprint density at radius 3 is 2.48 bits per heavy atom. The second kappa shape index (κ2) is 10.6. The molecule has 2 aromatic carbocycles. The lowest BCUT2D eigenvalue weighted by atomic mass is 10.1. The molecule has 3 aromatic rings. The number of amides is 1. The summed E-state index contributed by atoms with van der Waals surface area (Å²) >= 11 is 1.42. The fourth-order valence-corrected chi connectivity index (χ4v) is 3.61. The zero-order valence-corrected chi connectivity index (χ0v) is 17.6. The van der Waals surface area contributed by atoms with Gasteiger partial charge in [0.05, 0.1) is 19.4 Å². The highest BCUT2D eigenvalue weighted by atomic mass is 32.1. The largest absolute Gasteiger partial charge is 0.497 e. The van der Waals surface area contributed by atoms with Crippen molar-refractivity contribution in [1.29, 1.82) is 0 Å². The molecule has 6 heteroatoms. The van der Waals surface area contributed by atoms with Gasteiger partial charge in [0.15, 0.2) is 5.13 Å². The zero-order chi connectivity index (χ0) is 20.5. The molecule has 0 radical (unpaired) electrons. The third-order valence-corrected chi connectivity index (χ3v) is 5.17. The van der Waals surface area contributed by atoms with Crippen LogP contribution in [-0.4, -0.2) is 24.6 Å². The van der Waals surface area contributed by atoms with E-state index in [2.05, 4.69) is 29.4 Å². The van der Waals surface area contributed by atoms with E-state index in [0.717, 1.165) is 35.6 Å². The second-order valence-electron chi connectivity index (χ2n) is 6.66. The molecule has 0 bridgehead atoms. The van der Waals surface area contributed by atoms with E-state index in [1.807, 2.05) is 41.8 Å². The van der Waals surface area contributed by atoms with Gasteiger partial charge < -0.3 is 14.8 Å². The van der Waals surface area contributed by atoms with E-state index in [0.29, 0.717) is 24.6 Å². The molecule has 0 aliphatic rings. The molecular weight excluding hydrogens is 384 g/mol. The molecule has 3 rings (SSSR count). The van der Waals surface area contributed by atoms with Crippen LogP contribution in [0, 0.1) is 0 Å². The number of anilines is 1. The molecular formula is C23H26N2O3S. The number of hydrogen-bond donors (Lipinski definition) is 1. The Balaban J connectivity index is 1.41. The fourth-order valence-electron chi connectivity index (χ4n) is 2.87. The van der Waals surface area contributed by atoms with Crippen LogP contribution in [0.4, 0.5) is 5.13 Å². The van der Waals surface area contributed by atoms with Crippen LogP contribution in [-0.2, 0) is 11.2 Å². The molecule has 29 heavy (non-hydrogen) atoms. The van der Waals surface area contributed by atoms with Crippen molar-refractivity contribution < 1.29 is 14.3 Å². The molecule has 0 spiro atoms. The standard InChI is InChI=1S/C23H26N2O3S/c1-3-5-17-7-11-20(12-8-17)28-15-4-6-22(26)25-23-24-21(16-29-23)18-9-13-19(27-2)14-10-18/h7-14,16H,3-6,15H2,1-2H3,(H,24,25,26). The number of methoxy groups -OCH3 is 1. The van der Waals surface area contributed by atoms with Gasteiger partial charge >= 0.3 is 0 Å². The van der Waals surface area contributed by atoms with E-state index in [-0.39, 0.29) is 5.91 Å². The van der Waals surface area contributed by atoms with Crippen molar-refractivity contribution >= 4 is 22.4 Å². The van der Waals surface area contributed by atoms with Gasteiger partial charge in [0.1, 0.15) is 11.5 Å². The highest BCUT2D eigenvalue weighted by molar-refractivity contribution is 7.14. The monoisotopic (exact) mass is 410 g/mol. The van der Waals surface area contributed by atoms with Crippen molar-refractivity contribution in [2.45, 2.75) is 32.6 Å². The van der Waals surface area contributed by atoms with Crippen LogP contribution in [0.25, 0.3) is 11.3 Å². The number of thiazole rings is 1. The van der Waals surface area contributed by atoms with Gasteiger partial charge in [-0.15, -0.1) is 11.3 Å². The second-order valence-corrected chi connectivity index (χ2v) is 7.52. The van der Waals surface area contributed by atoms with Gasteiger partial charge in [-0.25, -0.2) is 4.98 Å². The number of carbonyl (C=O) groups is 1. The molecule has 0 saturated heterocycles. The molecule has 0 unspecified atom stereocenters.